The van der Waals surface area contributed by atoms with Crippen LogP contribution in [0.3, 0.4) is 0 Å². The van der Waals surface area contributed by atoms with E-state index < -0.39 is 17.8 Å². The number of aromatic nitrogens is 2. The van der Waals surface area contributed by atoms with E-state index >= 15 is 0 Å². The summed E-state index contributed by atoms with van der Waals surface area (Å²) in [5.74, 6) is -3.29. The van der Waals surface area contributed by atoms with E-state index in [0.717, 1.165) is 11.3 Å². The van der Waals surface area contributed by atoms with Crippen LogP contribution in [0.2, 0.25) is 0 Å². The number of imidazole rings is 1. The van der Waals surface area contributed by atoms with Gasteiger partial charge in [0.1, 0.15) is 0 Å². The lowest BCUT2D eigenvalue weighted by molar-refractivity contribution is -0.313. The van der Waals surface area contributed by atoms with Crippen molar-refractivity contribution in [2.75, 3.05) is 6.54 Å². The predicted molar refractivity (Wildman–Crippen MR) is 92.4 cm³/mol. The van der Waals surface area contributed by atoms with Crippen molar-refractivity contribution in [3.63, 3.8) is 0 Å². The summed E-state index contributed by atoms with van der Waals surface area (Å²) in [7, 11) is 0. The molecule has 0 spiro atoms. The highest BCUT2D eigenvalue weighted by atomic mass is 16.4. The highest BCUT2D eigenvalue weighted by Gasteiger charge is 2.32. The fourth-order valence-corrected chi connectivity index (χ4v) is 3.18. The van der Waals surface area contributed by atoms with Gasteiger partial charge in [0.25, 0.3) is 0 Å². The number of carbonyl (C=O) groups is 2. The third-order valence-corrected chi connectivity index (χ3v) is 4.57. The van der Waals surface area contributed by atoms with Crippen molar-refractivity contribution in [3.8, 4) is 0 Å². The zero-order chi connectivity index (χ0) is 18.2. The highest BCUT2D eigenvalue weighted by molar-refractivity contribution is 5.84. The van der Waals surface area contributed by atoms with Crippen LogP contribution in [0.5, 0.6) is 0 Å². The number of hydrogen-bond acceptors (Lipinski definition) is 4. The van der Waals surface area contributed by atoms with E-state index in [0.29, 0.717) is 19.4 Å². The lowest BCUT2D eigenvalue weighted by atomic mass is 9.76. The maximum Gasteiger partial charge on any atom is 0.223 e. The van der Waals surface area contributed by atoms with Crippen LogP contribution in [0, 0.1) is 11.8 Å². The predicted octanol–water partition coefficient (Wildman–Crippen LogP) is 1.26. The Morgan fingerprint density at radius 2 is 2.00 bits per heavy atom. The van der Waals surface area contributed by atoms with Gasteiger partial charge in [0.15, 0.2) is 0 Å². The summed E-state index contributed by atoms with van der Waals surface area (Å²) < 4.78 is 0. The maximum absolute atomic E-state index is 12.4. The van der Waals surface area contributed by atoms with E-state index in [-0.39, 0.29) is 11.8 Å². The number of aromatic amines is 1. The van der Waals surface area contributed by atoms with E-state index in [1.807, 2.05) is 37.3 Å². The average Bonchev–Trinajstić information content (AvgIpc) is 3.12. The standard InChI is InChI=1S/C19H25N3O3/c1-3-16(14-7-5-4-6-8-14)17(19(24)25)13(2)18(23)21-10-9-15-11-20-12-22-15/h4-8,11-13,16-17H,3,9-10H2,1-2H3,(H,20,22)(H,21,23)(H,24,25)/p-1. The number of nitrogens with one attached hydrogen (secondary N) is 2. The van der Waals surface area contributed by atoms with Crippen molar-refractivity contribution in [1.82, 2.24) is 15.3 Å². The van der Waals surface area contributed by atoms with Crippen LogP contribution in [0.15, 0.2) is 42.9 Å². The molecule has 3 unspecified atom stereocenters. The van der Waals surface area contributed by atoms with E-state index in [1.165, 1.54) is 0 Å². The van der Waals surface area contributed by atoms with Gasteiger partial charge in [0, 0.05) is 42.7 Å². The molecule has 1 amide bonds. The first kappa shape index (κ1) is 18.7. The smallest absolute Gasteiger partial charge is 0.223 e. The van der Waals surface area contributed by atoms with Crippen molar-refractivity contribution in [1.29, 1.82) is 0 Å². The number of carbonyl (C=O) groups excluding carboxylic acids is 2. The van der Waals surface area contributed by atoms with Gasteiger partial charge in [-0.1, -0.05) is 44.2 Å². The van der Waals surface area contributed by atoms with Crippen LogP contribution >= 0.6 is 0 Å². The van der Waals surface area contributed by atoms with Gasteiger partial charge >= 0.3 is 0 Å². The fourth-order valence-electron chi connectivity index (χ4n) is 3.18. The van der Waals surface area contributed by atoms with Crippen LogP contribution in [-0.2, 0) is 16.0 Å². The molecule has 134 valence electrons. The molecule has 0 aliphatic carbocycles. The second-order valence-electron chi connectivity index (χ2n) is 6.18. The van der Waals surface area contributed by atoms with Gasteiger partial charge in [-0.05, 0) is 17.9 Å². The molecule has 1 aromatic carbocycles. The van der Waals surface area contributed by atoms with Gasteiger partial charge in [-0.25, -0.2) is 4.98 Å². The molecule has 0 bridgehead atoms. The molecule has 3 atom stereocenters. The number of carboxylic acids is 1. The van der Waals surface area contributed by atoms with Gasteiger partial charge < -0.3 is 20.2 Å². The van der Waals surface area contributed by atoms with Crippen molar-refractivity contribution in [2.24, 2.45) is 11.8 Å². The van der Waals surface area contributed by atoms with Gasteiger partial charge in [0.05, 0.1) is 6.33 Å². The second kappa shape index (κ2) is 9.01. The molecule has 0 fully saturated rings. The highest BCUT2D eigenvalue weighted by Crippen LogP contribution is 2.33. The van der Waals surface area contributed by atoms with Crippen LogP contribution < -0.4 is 10.4 Å². The van der Waals surface area contributed by atoms with Crippen molar-refractivity contribution in [3.05, 3.63) is 54.1 Å². The first-order valence-corrected chi connectivity index (χ1v) is 8.55. The number of aliphatic carboxylic acids is 1. The first-order valence-electron chi connectivity index (χ1n) is 8.55. The Morgan fingerprint density at radius 1 is 1.28 bits per heavy atom. The van der Waals surface area contributed by atoms with E-state index in [4.69, 9.17) is 0 Å². The lowest BCUT2D eigenvalue weighted by Gasteiger charge is -2.32. The minimum absolute atomic E-state index is 0.264. The SMILES string of the molecule is CCC(c1ccccc1)C(C(=O)[O-])C(C)C(=O)NCCc1cnc[nH]1. The van der Waals surface area contributed by atoms with Crippen molar-refractivity contribution in [2.45, 2.75) is 32.6 Å². The normalized spacial score (nSPS) is 14.5. The topological polar surface area (TPSA) is 97.9 Å². The van der Waals surface area contributed by atoms with Gasteiger partial charge in [0.2, 0.25) is 5.91 Å². The Kier molecular flexibility index (Phi) is 6.74. The molecule has 1 aromatic heterocycles. The number of amides is 1. The Labute approximate surface area is 147 Å². The summed E-state index contributed by atoms with van der Waals surface area (Å²) in [5, 5.41) is 14.6. The molecule has 0 saturated carbocycles. The van der Waals surface area contributed by atoms with Gasteiger partial charge in [-0.2, -0.15) is 0 Å². The lowest BCUT2D eigenvalue weighted by Crippen LogP contribution is -2.45. The van der Waals surface area contributed by atoms with E-state index in [1.54, 1.807) is 19.4 Å². The van der Waals surface area contributed by atoms with Crippen molar-refractivity contribution >= 4 is 11.9 Å². The molecular weight excluding hydrogens is 318 g/mol. The largest absolute Gasteiger partial charge is 0.550 e. The van der Waals surface area contributed by atoms with E-state index in [9.17, 15) is 14.7 Å². The van der Waals surface area contributed by atoms with E-state index in [2.05, 4.69) is 15.3 Å². The van der Waals surface area contributed by atoms with Crippen LogP contribution in [0.1, 0.15) is 37.4 Å². The molecule has 0 aliphatic rings. The summed E-state index contributed by atoms with van der Waals surface area (Å²) in [6, 6.07) is 9.43. The number of hydrogen-bond donors (Lipinski definition) is 2. The molecule has 1 heterocycles. The summed E-state index contributed by atoms with van der Waals surface area (Å²) in [6.45, 7) is 4.00. The van der Waals surface area contributed by atoms with Crippen molar-refractivity contribution < 1.29 is 14.7 Å². The summed E-state index contributed by atoms with van der Waals surface area (Å²) in [6.07, 6.45) is 4.51. The molecule has 6 nitrogen and oxygen atoms in total. The Balaban J connectivity index is 2.04. The molecule has 25 heavy (non-hydrogen) atoms. The summed E-state index contributed by atoms with van der Waals surface area (Å²) >= 11 is 0. The number of rotatable bonds is 9. The molecule has 6 heteroatoms. The first-order chi connectivity index (χ1) is 12.0. The fraction of sp³-hybridized carbons (Fsp3) is 0.421. The zero-order valence-corrected chi connectivity index (χ0v) is 14.6. The summed E-state index contributed by atoms with van der Waals surface area (Å²) in [5.41, 5.74) is 1.83. The zero-order valence-electron chi connectivity index (χ0n) is 14.6. The Morgan fingerprint density at radius 3 is 2.56 bits per heavy atom. The average molecular weight is 342 g/mol. The molecule has 0 radical (unpaired) electrons. The molecule has 0 saturated heterocycles. The Bertz CT molecular complexity index is 670. The molecule has 2 aromatic rings. The number of benzene rings is 1. The van der Waals surface area contributed by atoms with Crippen LogP contribution in [-0.4, -0.2) is 28.4 Å². The van der Waals surface area contributed by atoms with Crippen LogP contribution in [0.4, 0.5) is 0 Å². The molecule has 2 N–H and O–H groups in total. The second-order valence-corrected chi connectivity index (χ2v) is 6.18. The third-order valence-electron chi connectivity index (χ3n) is 4.57. The van der Waals surface area contributed by atoms with Gasteiger partial charge in [-0.3, -0.25) is 4.79 Å². The quantitative estimate of drug-likeness (QED) is 0.717. The minimum Gasteiger partial charge on any atom is -0.550 e. The molecule has 2 rings (SSSR count). The molecular formula is C19H24N3O3-. The number of nitrogens with zero attached hydrogens (tertiary/aromatic N) is 1. The maximum atomic E-state index is 12.4. The Hall–Kier alpha value is -2.63. The third kappa shape index (κ3) is 4.92. The minimum atomic E-state index is -1.19. The van der Waals surface area contributed by atoms with Crippen LogP contribution in [0.25, 0.3) is 0 Å². The summed E-state index contributed by atoms with van der Waals surface area (Å²) in [4.78, 5) is 31.1. The number of carboxylic acid groups (broad SMARTS) is 1. The molecule has 0 aliphatic heterocycles. The monoisotopic (exact) mass is 342 g/mol. The van der Waals surface area contributed by atoms with Gasteiger partial charge in [-0.15, -0.1) is 0 Å². The number of H-pyrrole nitrogens is 1.